The fourth-order valence-corrected chi connectivity index (χ4v) is 3.06. The number of hydrogen-bond acceptors (Lipinski definition) is 4. The van der Waals surface area contributed by atoms with Crippen molar-refractivity contribution >= 4 is 11.7 Å². The van der Waals surface area contributed by atoms with E-state index in [1.807, 2.05) is 41.0 Å². The number of hydrogen-bond donors (Lipinski definition) is 0. The van der Waals surface area contributed by atoms with Crippen molar-refractivity contribution in [2.75, 3.05) is 31.6 Å². The lowest BCUT2D eigenvalue weighted by Gasteiger charge is -2.27. The summed E-state index contributed by atoms with van der Waals surface area (Å²) in [5.74, 6) is 0.974. The number of rotatable bonds is 6. The minimum atomic E-state index is 0.128. The van der Waals surface area contributed by atoms with Crippen molar-refractivity contribution < 1.29 is 4.79 Å². The summed E-state index contributed by atoms with van der Waals surface area (Å²) in [6.07, 6.45) is 9.91. The topological polar surface area (TPSA) is 54.3 Å². The van der Waals surface area contributed by atoms with Crippen molar-refractivity contribution in [1.82, 2.24) is 19.7 Å². The highest BCUT2D eigenvalue weighted by atomic mass is 16.2. The van der Waals surface area contributed by atoms with Crippen molar-refractivity contribution in [2.45, 2.75) is 32.2 Å². The molecular weight excluding hydrogens is 302 g/mol. The molecule has 2 aromatic heterocycles. The van der Waals surface area contributed by atoms with Gasteiger partial charge in [0.2, 0.25) is 0 Å². The average molecular weight is 327 g/mol. The zero-order valence-electron chi connectivity index (χ0n) is 14.3. The van der Waals surface area contributed by atoms with Gasteiger partial charge in [0.1, 0.15) is 5.82 Å². The van der Waals surface area contributed by atoms with Crippen LogP contribution in [0.5, 0.6) is 0 Å². The smallest absolute Gasteiger partial charge is 0.254 e. The summed E-state index contributed by atoms with van der Waals surface area (Å²) in [5, 5.41) is 4.21. The SMILES string of the molecule is CN(CCCn1cccn1)c1cc(C(=O)N2CCCCC2)ccn1. The number of pyridine rings is 1. The summed E-state index contributed by atoms with van der Waals surface area (Å²) in [7, 11) is 2.01. The normalized spacial score (nSPS) is 14.6. The van der Waals surface area contributed by atoms with Gasteiger partial charge < -0.3 is 9.80 Å². The number of likely N-dealkylation sites (tertiary alicyclic amines) is 1. The van der Waals surface area contributed by atoms with Gasteiger partial charge in [0.15, 0.2) is 0 Å². The maximum absolute atomic E-state index is 12.6. The van der Waals surface area contributed by atoms with Gasteiger partial charge in [-0.2, -0.15) is 5.10 Å². The molecule has 3 heterocycles. The van der Waals surface area contributed by atoms with E-state index in [0.29, 0.717) is 0 Å². The minimum Gasteiger partial charge on any atom is -0.360 e. The van der Waals surface area contributed by atoms with E-state index in [1.165, 1.54) is 6.42 Å². The summed E-state index contributed by atoms with van der Waals surface area (Å²) in [6.45, 7) is 3.49. The fraction of sp³-hybridized carbons (Fsp3) is 0.500. The molecule has 6 heteroatoms. The van der Waals surface area contributed by atoms with Crippen LogP contribution in [0.3, 0.4) is 0 Å². The molecule has 1 aliphatic rings. The fourth-order valence-electron chi connectivity index (χ4n) is 3.06. The van der Waals surface area contributed by atoms with Crippen LogP contribution < -0.4 is 4.90 Å². The van der Waals surface area contributed by atoms with Crippen LogP contribution in [0.1, 0.15) is 36.0 Å². The lowest BCUT2D eigenvalue weighted by molar-refractivity contribution is 0.0724. The summed E-state index contributed by atoms with van der Waals surface area (Å²) in [4.78, 5) is 21.1. The molecule has 1 fully saturated rings. The average Bonchev–Trinajstić information content (AvgIpc) is 3.15. The van der Waals surface area contributed by atoms with Gasteiger partial charge in [0, 0.05) is 57.4 Å². The van der Waals surface area contributed by atoms with Crippen molar-refractivity contribution in [1.29, 1.82) is 0 Å². The summed E-state index contributed by atoms with van der Waals surface area (Å²) in [6, 6.07) is 5.66. The molecular formula is C18H25N5O. The first kappa shape index (κ1) is 16.5. The predicted octanol–water partition coefficient (Wildman–Crippen LogP) is 2.43. The number of carbonyl (C=O) groups is 1. The third-order valence-electron chi connectivity index (χ3n) is 4.47. The first-order valence-corrected chi connectivity index (χ1v) is 8.68. The maximum Gasteiger partial charge on any atom is 0.254 e. The van der Waals surface area contributed by atoms with Gasteiger partial charge in [-0.1, -0.05) is 0 Å². The van der Waals surface area contributed by atoms with Gasteiger partial charge in [-0.05, 0) is 43.9 Å². The number of anilines is 1. The molecule has 1 amide bonds. The molecule has 0 aromatic carbocycles. The number of aryl methyl sites for hydroxylation is 1. The number of piperidine rings is 1. The summed E-state index contributed by atoms with van der Waals surface area (Å²) in [5.41, 5.74) is 0.737. The van der Waals surface area contributed by atoms with E-state index < -0.39 is 0 Å². The van der Waals surface area contributed by atoms with Crippen LogP contribution in [0, 0.1) is 0 Å². The third-order valence-corrected chi connectivity index (χ3v) is 4.47. The highest BCUT2D eigenvalue weighted by molar-refractivity contribution is 5.94. The summed E-state index contributed by atoms with van der Waals surface area (Å²) >= 11 is 0. The van der Waals surface area contributed by atoms with Crippen LogP contribution in [0.25, 0.3) is 0 Å². The molecule has 0 atom stereocenters. The maximum atomic E-state index is 12.6. The molecule has 1 saturated heterocycles. The van der Waals surface area contributed by atoms with E-state index in [4.69, 9.17) is 0 Å². The molecule has 1 aliphatic heterocycles. The Kier molecular flexibility index (Phi) is 5.46. The van der Waals surface area contributed by atoms with Crippen LogP contribution in [0.2, 0.25) is 0 Å². The molecule has 0 spiro atoms. The van der Waals surface area contributed by atoms with Gasteiger partial charge in [0.25, 0.3) is 5.91 Å². The Labute approximate surface area is 143 Å². The lowest BCUT2D eigenvalue weighted by atomic mass is 10.1. The third kappa shape index (κ3) is 4.13. The van der Waals surface area contributed by atoms with Gasteiger partial charge >= 0.3 is 0 Å². The Morgan fingerprint density at radius 1 is 1.25 bits per heavy atom. The zero-order chi connectivity index (χ0) is 16.8. The second kappa shape index (κ2) is 7.95. The number of carbonyl (C=O) groups excluding carboxylic acids is 1. The molecule has 0 radical (unpaired) electrons. The van der Waals surface area contributed by atoms with Crippen LogP contribution in [0.15, 0.2) is 36.8 Å². The highest BCUT2D eigenvalue weighted by Gasteiger charge is 2.18. The van der Waals surface area contributed by atoms with Crippen molar-refractivity contribution in [2.24, 2.45) is 0 Å². The predicted molar refractivity (Wildman–Crippen MR) is 94.1 cm³/mol. The largest absolute Gasteiger partial charge is 0.360 e. The molecule has 0 unspecified atom stereocenters. The van der Waals surface area contributed by atoms with Crippen LogP contribution >= 0.6 is 0 Å². The second-order valence-electron chi connectivity index (χ2n) is 6.30. The molecule has 0 saturated carbocycles. The number of nitrogens with zero attached hydrogens (tertiary/aromatic N) is 5. The minimum absolute atomic E-state index is 0.128. The molecule has 0 bridgehead atoms. The summed E-state index contributed by atoms with van der Waals surface area (Å²) < 4.78 is 1.93. The van der Waals surface area contributed by atoms with E-state index in [9.17, 15) is 4.79 Å². The second-order valence-corrected chi connectivity index (χ2v) is 6.30. The standard InChI is InChI=1S/C18H25N5O/c1-21(10-6-14-23-13-5-8-20-23)17-15-16(7-9-19-17)18(24)22-11-3-2-4-12-22/h5,7-9,13,15H,2-4,6,10-12,14H2,1H3. The quantitative estimate of drug-likeness (QED) is 0.818. The van der Waals surface area contributed by atoms with Gasteiger partial charge in [0.05, 0.1) is 0 Å². The molecule has 2 aromatic rings. The Morgan fingerprint density at radius 2 is 2.08 bits per heavy atom. The van der Waals surface area contributed by atoms with Gasteiger partial charge in [-0.15, -0.1) is 0 Å². The van der Waals surface area contributed by atoms with Crippen LogP contribution in [-0.2, 0) is 6.54 Å². The van der Waals surface area contributed by atoms with E-state index in [2.05, 4.69) is 15.0 Å². The molecule has 0 aliphatic carbocycles. The number of amides is 1. The van der Waals surface area contributed by atoms with E-state index >= 15 is 0 Å². The van der Waals surface area contributed by atoms with Crippen molar-refractivity contribution in [3.63, 3.8) is 0 Å². The first-order valence-electron chi connectivity index (χ1n) is 8.68. The number of aromatic nitrogens is 3. The van der Waals surface area contributed by atoms with Gasteiger partial charge in [-0.25, -0.2) is 4.98 Å². The highest BCUT2D eigenvalue weighted by Crippen LogP contribution is 2.16. The molecule has 24 heavy (non-hydrogen) atoms. The molecule has 128 valence electrons. The lowest BCUT2D eigenvalue weighted by Crippen LogP contribution is -2.35. The Balaban J connectivity index is 1.58. The van der Waals surface area contributed by atoms with E-state index in [1.54, 1.807) is 12.4 Å². The Morgan fingerprint density at radius 3 is 2.83 bits per heavy atom. The zero-order valence-corrected chi connectivity index (χ0v) is 14.3. The van der Waals surface area contributed by atoms with E-state index in [0.717, 1.165) is 56.8 Å². The van der Waals surface area contributed by atoms with Crippen LogP contribution in [0.4, 0.5) is 5.82 Å². The molecule has 3 rings (SSSR count). The Hall–Kier alpha value is -2.37. The van der Waals surface area contributed by atoms with Crippen molar-refractivity contribution in [3.8, 4) is 0 Å². The Bertz CT molecular complexity index is 649. The first-order chi connectivity index (χ1) is 11.7. The molecule has 0 N–H and O–H groups in total. The van der Waals surface area contributed by atoms with Crippen molar-refractivity contribution in [3.05, 3.63) is 42.4 Å². The van der Waals surface area contributed by atoms with Crippen LogP contribution in [-0.4, -0.2) is 52.3 Å². The monoisotopic (exact) mass is 327 g/mol. The van der Waals surface area contributed by atoms with E-state index in [-0.39, 0.29) is 5.91 Å². The van der Waals surface area contributed by atoms with Gasteiger partial charge in [-0.3, -0.25) is 9.48 Å². The molecule has 6 nitrogen and oxygen atoms in total.